The van der Waals surface area contributed by atoms with E-state index in [2.05, 4.69) is 11.9 Å². The zero-order valence-corrected chi connectivity index (χ0v) is 8.47. The predicted octanol–water partition coefficient (Wildman–Crippen LogP) is 1.27. The number of anilines is 1. The van der Waals surface area contributed by atoms with Gasteiger partial charge < -0.3 is 15.2 Å². The fourth-order valence-electron chi connectivity index (χ4n) is 1.00. The molecule has 0 aromatic heterocycles. The Morgan fingerprint density at radius 3 is 2.88 bits per heavy atom. The molecule has 0 unspecified atom stereocenters. The van der Waals surface area contributed by atoms with E-state index >= 15 is 0 Å². The quantitative estimate of drug-likeness (QED) is 0.734. The number of carbonyl (C=O) groups is 2. The number of rotatable bonds is 5. The average Bonchev–Trinajstić information content (AvgIpc) is 2.26. The summed E-state index contributed by atoms with van der Waals surface area (Å²) in [5, 5.41) is 11.0. The Balaban J connectivity index is 2.67. The first-order valence-electron chi connectivity index (χ1n) is 4.50. The number of benzene rings is 1. The van der Waals surface area contributed by atoms with Gasteiger partial charge in [-0.2, -0.15) is 0 Å². The van der Waals surface area contributed by atoms with Gasteiger partial charge in [0.25, 0.3) is 0 Å². The molecule has 0 aliphatic rings. The van der Waals surface area contributed by atoms with E-state index in [4.69, 9.17) is 9.84 Å². The molecule has 0 aliphatic carbocycles. The minimum atomic E-state index is -1.06. The lowest BCUT2D eigenvalue weighted by Gasteiger charge is -2.06. The topological polar surface area (TPSA) is 75.6 Å². The average molecular weight is 221 g/mol. The molecule has 0 saturated carbocycles. The van der Waals surface area contributed by atoms with Crippen LogP contribution in [0.3, 0.4) is 0 Å². The van der Waals surface area contributed by atoms with E-state index in [1.807, 2.05) is 0 Å². The molecule has 1 aromatic rings. The molecule has 5 heteroatoms. The number of hydrogen-bond acceptors (Lipinski definition) is 3. The van der Waals surface area contributed by atoms with Crippen LogP contribution in [0.2, 0.25) is 0 Å². The third kappa shape index (κ3) is 3.83. The van der Waals surface area contributed by atoms with Crippen molar-refractivity contribution in [2.45, 2.75) is 0 Å². The van der Waals surface area contributed by atoms with E-state index in [-0.39, 0.29) is 5.91 Å². The molecule has 0 saturated heterocycles. The molecule has 0 heterocycles. The zero-order chi connectivity index (χ0) is 12.0. The SMILES string of the molecule is C=CC(=O)Nc1cccc(OCC(=O)O)c1. The van der Waals surface area contributed by atoms with Crippen molar-refractivity contribution in [1.29, 1.82) is 0 Å². The third-order valence-corrected chi connectivity index (χ3v) is 1.65. The van der Waals surface area contributed by atoms with Gasteiger partial charge >= 0.3 is 5.97 Å². The van der Waals surface area contributed by atoms with E-state index in [1.165, 1.54) is 6.07 Å². The van der Waals surface area contributed by atoms with Gasteiger partial charge in [0.1, 0.15) is 5.75 Å². The van der Waals surface area contributed by atoms with Crippen LogP contribution in [-0.2, 0) is 9.59 Å². The lowest BCUT2D eigenvalue weighted by Crippen LogP contribution is -2.10. The van der Waals surface area contributed by atoms with Gasteiger partial charge in [-0.25, -0.2) is 4.79 Å². The fourth-order valence-corrected chi connectivity index (χ4v) is 1.00. The van der Waals surface area contributed by atoms with Crippen LogP contribution in [0.15, 0.2) is 36.9 Å². The Labute approximate surface area is 92.3 Å². The lowest BCUT2D eigenvalue weighted by atomic mass is 10.3. The summed E-state index contributed by atoms with van der Waals surface area (Å²) in [7, 11) is 0. The van der Waals surface area contributed by atoms with Gasteiger partial charge in [0.05, 0.1) is 0 Å². The second-order valence-corrected chi connectivity index (χ2v) is 2.90. The fraction of sp³-hybridized carbons (Fsp3) is 0.0909. The van der Waals surface area contributed by atoms with E-state index < -0.39 is 12.6 Å². The minimum absolute atomic E-state index is 0.338. The van der Waals surface area contributed by atoms with Gasteiger partial charge in [0, 0.05) is 11.8 Å². The Morgan fingerprint density at radius 2 is 2.25 bits per heavy atom. The molecule has 0 spiro atoms. The Bertz CT molecular complexity index is 414. The molecule has 1 rings (SSSR count). The molecule has 0 aliphatic heterocycles. The number of ether oxygens (including phenoxy) is 1. The smallest absolute Gasteiger partial charge is 0.341 e. The van der Waals surface area contributed by atoms with Gasteiger partial charge in [-0.1, -0.05) is 12.6 Å². The van der Waals surface area contributed by atoms with Crippen LogP contribution in [0.4, 0.5) is 5.69 Å². The first-order chi connectivity index (χ1) is 7.61. The number of carbonyl (C=O) groups excluding carboxylic acids is 1. The number of carboxylic acid groups (broad SMARTS) is 1. The van der Waals surface area contributed by atoms with Crippen LogP contribution in [-0.4, -0.2) is 23.6 Å². The van der Waals surface area contributed by atoms with Crippen LogP contribution in [0, 0.1) is 0 Å². The van der Waals surface area contributed by atoms with Crippen LogP contribution in [0.5, 0.6) is 5.75 Å². The summed E-state index contributed by atoms with van der Waals surface area (Å²) in [6, 6.07) is 6.45. The summed E-state index contributed by atoms with van der Waals surface area (Å²) in [6.45, 7) is 2.90. The maximum Gasteiger partial charge on any atom is 0.341 e. The van der Waals surface area contributed by atoms with Crippen LogP contribution < -0.4 is 10.1 Å². The first-order valence-corrected chi connectivity index (χ1v) is 4.50. The van der Waals surface area contributed by atoms with E-state index in [0.29, 0.717) is 11.4 Å². The van der Waals surface area contributed by atoms with Crippen LogP contribution in [0.25, 0.3) is 0 Å². The number of aliphatic carboxylic acids is 1. The molecule has 0 fully saturated rings. The monoisotopic (exact) mass is 221 g/mol. The minimum Gasteiger partial charge on any atom is -0.482 e. The van der Waals surface area contributed by atoms with Crippen molar-refractivity contribution in [1.82, 2.24) is 0 Å². The molecule has 84 valence electrons. The van der Waals surface area contributed by atoms with Crippen LogP contribution >= 0.6 is 0 Å². The molecule has 16 heavy (non-hydrogen) atoms. The molecule has 2 N–H and O–H groups in total. The number of hydrogen-bond donors (Lipinski definition) is 2. The Hall–Kier alpha value is -2.30. The second-order valence-electron chi connectivity index (χ2n) is 2.90. The van der Waals surface area contributed by atoms with Crippen molar-refractivity contribution in [3.05, 3.63) is 36.9 Å². The third-order valence-electron chi connectivity index (χ3n) is 1.65. The molecule has 1 amide bonds. The zero-order valence-electron chi connectivity index (χ0n) is 8.47. The largest absolute Gasteiger partial charge is 0.482 e. The highest BCUT2D eigenvalue weighted by Gasteiger charge is 2.01. The van der Waals surface area contributed by atoms with Crippen molar-refractivity contribution in [3.63, 3.8) is 0 Å². The van der Waals surface area contributed by atoms with Gasteiger partial charge in [-0.3, -0.25) is 4.79 Å². The standard InChI is InChI=1S/C11H11NO4/c1-2-10(13)12-8-4-3-5-9(6-8)16-7-11(14)15/h2-6H,1,7H2,(H,12,13)(H,14,15). The normalized spacial score (nSPS) is 9.25. The van der Waals surface area contributed by atoms with Crippen molar-refractivity contribution in [2.75, 3.05) is 11.9 Å². The van der Waals surface area contributed by atoms with E-state index in [0.717, 1.165) is 6.08 Å². The number of carboxylic acids is 1. The van der Waals surface area contributed by atoms with Gasteiger partial charge in [-0.15, -0.1) is 0 Å². The molecular weight excluding hydrogens is 210 g/mol. The van der Waals surface area contributed by atoms with Crippen molar-refractivity contribution in [2.24, 2.45) is 0 Å². The van der Waals surface area contributed by atoms with E-state index in [9.17, 15) is 9.59 Å². The maximum absolute atomic E-state index is 11.0. The predicted molar refractivity (Wildman–Crippen MR) is 58.4 cm³/mol. The summed E-state index contributed by atoms with van der Waals surface area (Å²) in [5.41, 5.74) is 0.521. The Morgan fingerprint density at radius 1 is 1.50 bits per heavy atom. The van der Waals surface area contributed by atoms with Crippen molar-refractivity contribution < 1.29 is 19.4 Å². The highest BCUT2D eigenvalue weighted by Crippen LogP contribution is 2.17. The second kappa shape index (κ2) is 5.55. The highest BCUT2D eigenvalue weighted by atomic mass is 16.5. The highest BCUT2D eigenvalue weighted by molar-refractivity contribution is 5.98. The van der Waals surface area contributed by atoms with Gasteiger partial charge in [0.2, 0.25) is 5.91 Å². The molecule has 0 atom stereocenters. The van der Waals surface area contributed by atoms with Crippen molar-refractivity contribution in [3.8, 4) is 5.75 Å². The molecular formula is C11H11NO4. The number of nitrogens with one attached hydrogen (secondary N) is 1. The molecule has 5 nitrogen and oxygen atoms in total. The van der Waals surface area contributed by atoms with Gasteiger partial charge in [0.15, 0.2) is 6.61 Å². The molecule has 0 radical (unpaired) electrons. The first kappa shape index (κ1) is 11.8. The van der Waals surface area contributed by atoms with Gasteiger partial charge in [-0.05, 0) is 18.2 Å². The van der Waals surface area contributed by atoms with Crippen molar-refractivity contribution >= 4 is 17.6 Å². The summed E-state index contributed by atoms with van der Waals surface area (Å²) >= 11 is 0. The number of amides is 1. The molecule has 1 aromatic carbocycles. The summed E-state index contributed by atoms with van der Waals surface area (Å²) in [6.07, 6.45) is 1.14. The lowest BCUT2D eigenvalue weighted by molar-refractivity contribution is -0.139. The summed E-state index contributed by atoms with van der Waals surface area (Å²) in [5.74, 6) is -1.01. The van der Waals surface area contributed by atoms with Crippen LogP contribution in [0.1, 0.15) is 0 Å². The van der Waals surface area contributed by atoms with E-state index in [1.54, 1.807) is 18.2 Å². The summed E-state index contributed by atoms with van der Waals surface area (Å²) in [4.78, 5) is 21.3. The molecule has 0 bridgehead atoms. The Kier molecular flexibility index (Phi) is 4.08. The maximum atomic E-state index is 11.0. The summed E-state index contributed by atoms with van der Waals surface area (Å²) < 4.78 is 4.95.